The molecule has 6 aromatic rings. The summed E-state index contributed by atoms with van der Waals surface area (Å²) < 4.78 is 105. The van der Waals surface area contributed by atoms with Gasteiger partial charge < -0.3 is 111 Å². The fourth-order valence-corrected chi connectivity index (χ4v) is 19.8. The van der Waals surface area contributed by atoms with Gasteiger partial charge in [-0.25, -0.2) is 24.2 Å². The third kappa shape index (κ3) is 23.0. The van der Waals surface area contributed by atoms with E-state index in [2.05, 4.69) is 50.8 Å². The number of aliphatic hydroxyl groups is 1. The van der Waals surface area contributed by atoms with Crippen LogP contribution in [0.2, 0.25) is 0 Å². The third-order valence-corrected chi connectivity index (χ3v) is 26.4. The molecular weight excluding hydrogens is 1720 g/mol. The van der Waals surface area contributed by atoms with E-state index < -0.39 is 179 Å². The van der Waals surface area contributed by atoms with Crippen LogP contribution in [0.5, 0.6) is 0 Å². The van der Waals surface area contributed by atoms with Crippen LogP contribution in [0.1, 0.15) is 109 Å². The Bertz CT molecular complexity index is 5040. The summed E-state index contributed by atoms with van der Waals surface area (Å²) in [6, 6.07) is 2.78. The molecule has 0 spiro atoms. The van der Waals surface area contributed by atoms with Crippen molar-refractivity contribution >= 4 is 125 Å². The molecule has 52 heteroatoms. The number of nitrogens with two attached hydrogens (primary N) is 3. The van der Waals surface area contributed by atoms with E-state index in [1.807, 2.05) is 27.7 Å². The molecule has 0 aromatic carbocycles. The SMILES string of the molecule is Cc1cn([C@H]2C[C@@H](OP(=S)(OCCOCCOCCCC(=O)C(C)C)OC[C@H]3O[C@@H](n4ccc(N)nc4=O)C[C@H]3C(C)C)[C@@H](COP(O)(=S)O[C@@H]3C[C@H](n4cnc5c(=O)[nH]c(N)nc54)O[C@@H]3COP(O)(=S)O[C@@H]3C[C@H](n4ccc(N)nc4=O)O[C@@H]3COP(O)(=S)O[C@@H]3C[C@H](n4cc(Br)c(=O)[nH]c4=O)O[C@@H]3CO)O2)c(=O)[nH]c1=O. The summed E-state index contributed by atoms with van der Waals surface area (Å²) in [7, 11) is 0. The van der Waals surface area contributed by atoms with E-state index in [9.17, 15) is 58.1 Å². The van der Waals surface area contributed by atoms with Crippen LogP contribution in [0.25, 0.3) is 11.2 Å². The van der Waals surface area contributed by atoms with Gasteiger partial charge >= 0.3 is 49.6 Å². The Hall–Kier alpha value is -5.18. The molecule has 13 N–H and O–H groups in total. The molecule has 4 unspecified atom stereocenters. The number of rotatable bonds is 39. The number of Topliss-reactive ketones (excluding diaryl/α,β-unsaturated/α-hetero) is 1. The number of fused-ring (bicyclic) bond motifs is 1. The lowest BCUT2D eigenvalue weighted by molar-refractivity contribution is -0.122. The molecule has 6 aromatic heterocycles. The van der Waals surface area contributed by atoms with Crippen LogP contribution in [0.3, 0.4) is 0 Å². The van der Waals surface area contributed by atoms with Crippen LogP contribution in [0.4, 0.5) is 17.6 Å². The first-order valence-corrected chi connectivity index (χ1v) is 46.4. The number of nitrogens with one attached hydrogen (secondary N) is 3. The number of anilines is 3. The number of aromatic amines is 3. The fraction of sp³-hybridized carbons (Fsp3) is 0.639. The zero-order valence-electron chi connectivity index (χ0n) is 61.0. The van der Waals surface area contributed by atoms with Crippen molar-refractivity contribution in [3.8, 4) is 0 Å². The smallest absolute Gasteiger partial charge is 0.351 e. The number of imidazole rings is 1. The van der Waals surface area contributed by atoms with Gasteiger partial charge in [0.05, 0.1) is 101 Å². The van der Waals surface area contributed by atoms with Gasteiger partial charge in [-0.1, -0.05) is 27.7 Å². The number of ether oxygens (including phenoxy) is 7. The number of aromatic nitrogens is 12. The van der Waals surface area contributed by atoms with Gasteiger partial charge in [-0.2, -0.15) is 15.0 Å². The van der Waals surface area contributed by atoms with E-state index in [4.69, 9.17) is 138 Å². The van der Waals surface area contributed by atoms with Crippen molar-refractivity contribution in [2.24, 2.45) is 17.8 Å². The molecule has 11 rings (SSSR count). The van der Waals surface area contributed by atoms with Crippen LogP contribution in [0.15, 0.2) is 81.3 Å². The molecule has 0 bridgehead atoms. The Morgan fingerprint density at radius 3 is 1.54 bits per heavy atom. The van der Waals surface area contributed by atoms with Crippen molar-refractivity contribution in [1.82, 2.24) is 57.7 Å². The maximum absolute atomic E-state index is 13.6. The number of hydrogen-bond acceptors (Lipinski definition) is 36. The first-order valence-electron chi connectivity index (χ1n) is 35.3. The average molecular weight is 1810 g/mol. The second-order valence-electron chi connectivity index (χ2n) is 27.3. The van der Waals surface area contributed by atoms with E-state index >= 15 is 0 Å². The van der Waals surface area contributed by atoms with Crippen molar-refractivity contribution in [1.29, 1.82) is 0 Å². The standard InChI is InChI=1S/C61H86BrN15O28P4S4/c1-30(2)33-17-47(73-10-8-45(63)67-58(73)83)98-41(33)25-96-109(113,92-16-15-91-14-13-90-12-6-7-35(79)31(3)4)105-39-21-49(75-22-32(5)54(80)71-60(75)85)100-44(39)28-95-108(89,112)104-38-20-51(77-29-66-52-53(77)69-57(65)70-56(52)82)101-43(38)27-94-107(88,111)103-37-19-48(74-11-9-46(64)68-59(74)84)99-42(37)26-93-106(87,110)102-36-18-50(97-40(36)24-78)76-23-34(62)55(81)72-61(76)86/h8-11,22-23,29-31,33,36-44,47-51,78H,6-7,12-21,24-28H2,1-5H3,(H,87,110)(H,88,111)(H,89,112)(H2,63,67,83)(H2,64,68,84)(H,71,80,85)(H,72,81,86)(H3,65,69,70,82)/t33-,36+,37+,38+,39+,40+,41+,42+,43+,44+,47+,48+,49+,50+,51+,106?,107?,108?,109?/m0/s1. The van der Waals surface area contributed by atoms with Crippen molar-refractivity contribution < 1.29 is 98.5 Å². The minimum atomic E-state index is -4.63. The molecule has 5 aliphatic rings. The van der Waals surface area contributed by atoms with Gasteiger partial charge in [-0.3, -0.25) is 57.0 Å². The zero-order chi connectivity index (χ0) is 81.6. The summed E-state index contributed by atoms with van der Waals surface area (Å²) in [5.74, 6) is -0.588. The molecule has 113 heavy (non-hydrogen) atoms. The lowest BCUT2D eigenvalue weighted by Crippen LogP contribution is -2.33. The summed E-state index contributed by atoms with van der Waals surface area (Å²) >= 11 is 26.0. The lowest BCUT2D eigenvalue weighted by Gasteiger charge is -2.30. The second kappa shape index (κ2) is 38.3. The van der Waals surface area contributed by atoms with Crippen molar-refractivity contribution in [3.05, 3.63) is 126 Å². The largest absolute Gasteiger partial charge is 0.394 e. The summed E-state index contributed by atoms with van der Waals surface area (Å²) in [5.41, 5.74) is 12.2. The molecule has 0 amide bonds. The predicted octanol–water partition coefficient (Wildman–Crippen LogP) is 1.79. The number of ketones is 1. The van der Waals surface area contributed by atoms with Crippen LogP contribution in [-0.2, 0) is 126 Å². The van der Waals surface area contributed by atoms with E-state index in [1.165, 1.54) is 59.3 Å². The highest BCUT2D eigenvalue weighted by Crippen LogP contribution is 2.57. The molecule has 11 heterocycles. The Morgan fingerprint density at radius 1 is 0.566 bits per heavy atom. The van der Waals surface area contributed by atoms with Crippen LogP contribution >= 0.6 is 42.8 Å². The van der Waals surface area contributed by atoms with E-state index in [-0.39, 0.29) is 121 Å². The summed E-state index contributed by atoms with van der Waals surface area (Å²) in [6.07, 6.45) is -9.89. The summed E-state index contributed by atoms with van der Waals surface area (Å²) in [5, 5.41) is 10.2. The molecule has 5 saturated heterocycles. The molecule has 0 saturated carbocycles. The number of aryl methyl sites for hydroxylation is 1. The number of carbonyl (C=O) groups excluding carboxylic acids is 1. The number of hydrogen-bond donors (Lipinski definition) is 10. The molecule has 0 radical (unpaired) electrons. The van der Waals surface area contributed by atoms with Gasteiger partial charge in [0.1, 0.15) is 73.0 Å². The Morgan fingerprint density at radius 2 is 1.02 bits per heavy atom. The van der Waals surface area contributed by atoms with Crippen molar-refractivity contribution in [2.75, 3.05) is 83.3 Å². The van der Waals surface area contributed by atoms with Gasteiger partial charge in [0.15, 0.2) is 11.2 Å². The first kappa shape index (κ1) is 88.6. The average Bonchev–Trinajstić information content (AvgIpc) is 1.63. The maximum Gasteiger partial charge on any atom is 0.351 e. The van der Waals surface area contributed by atoms with Gasteiger partial charge in [0.2, 0.25) is 5.95 Å². The summed E-state index contributed by atoms with van der Waals surface area (Å²) in [4.78, 5) is 161. The third-order valence-electron chi connectivity index (χ3n) is 18.7. The van der Waals surface area contributed by atoms with E-state index in [1.54, 1.807) is 0 Å². The topological polar surface area (TPSA) is 567 Å². The highest BCUT2D eigenvalue weighted by Gasteiger charge is 2.49. The number of carbonyl (C=O) groups is 1. The van der Waals surface area contributed by atoms with E-state index in [0.717, 1.165) is 13.7 Å². The minimum absolute atomic E-state index is 0.00891. The fourth-order valence-electron chi connectivity index (χ4n) is 13.0. The highest BCUT2D eigenvalue weighted by molar-refractivity contribution is 9.10. The molecule has 19 atom stereocenters. The Balaban J connectivity index is 0.810. The number of nitrogen functional groups attached to an aromatic ring is 3. The number of H-pyrrole nitrogens is 3. The van der Waals surface area contributed by atoms with Crippen LogP contribution in [0, 0.1) is 24.7 Å². The second-order valence-corrected chi connectivity index (χ2v) is 39.5. The normalized spacial score (nSPS) is 27.5. The van der Waals surface area contributed by atoms with Gasteiger partial charge in [0.25, 0.3) is 16.7 Å². The molecular formula is C61H86BrN15O28P4S4. The number of nitrogens with zero attached hydrogens (tertiary/aromatic N) is 9. The van der Waals surface area contributed by atoms with Crippen molar-refractivity contribution in [2.45, 2.75) is 166 Å². The van der Waals surface area contributed by atoms with Gasteiger partial charge in [-0.05, 0) is 107 Å². The summed E-state index contributed by atoms with van der Waals surface area (Å²) in [6.45, 7) is -11.2. The predicted molar refractivity (Wildman–Crippen MR) is 415 cm³/mol. The Kier molecular flexibility index (Phi) is 30.0. The Labute approximate surface area is 669 Å². The van der Waals surface area contributed by atoms with Crippen molar-refractivity contribution in [3.63, 3.8) is 0 Å². The molecule has 43 nitrogen and oxygen atoms in total. The van der Waals surface area contributed by atoms with E-state index in [0.29, 0.717) is 25.9 Å². The molecule has 624 valence electrons. The maximum atomic E-state index is 13.6. The highest BCUT2D eigenvalue weighted by atomic mass is 79.9. The monoisotopic (exact) mass is 1810 g/mol. The first-order chi connectivity index (χ1) is 53.4. The van der Waals surface area contributed by atoms with Crippen LogP contribution < -0.4 is 56.6 Å². The number of halogens is 1. The molecule has 0 aliphatic carbocycles. The molecule has 5 aliphatic heterocycles. The van der Waals surface area contributed by atoms with Crippen LogP contribution in [-0.4, -0.2) is 204 Å². The van der Waals surface area contributed by atoms with Gasteiger partial charge in [0, 0.05) is 75.0 Å². The quantitative estimate of drug-likeness (QED) is 0.0194. The minimum Gasteiger partial charge on any atom is -0.394 e. The zero-order valence-corrected chi connectivity index (χ0v) is 69.5. The number of aliphatic hydroxyl groups excluding tert-OH is 1. The lowest BCUT2D eigenvalue weighted by atomic mass is 9.89. The van der Waals surface area contributed by atoms with Gasteiger partial charge in [-0.15, -0.1) is 0 Å². The molecule has 5 fully saturated rings.